The average Bonchev–Trinajstić information content (AvgIpc) is 2.72. The monoisotopic (exact) mass is 454 g/mol. The van der Waals surface area contributed by atoms with Crippen LogP contribution in [0.5, 0.6) is 0 Å². The highest BCUT2D eigenvalue weighted by Crippen LogP contribution is 2.24. The highest BCUT2D eigenvalue weighted by Gasteiger charge is 2.23. The summed E-state index contributed by atoms with van der Waals surface area (Å²) in [5, 5.41) is 20.1. The second kappa shape index (κ2) is 9.60. The molecule has 0 spiro atoms. The summed E-state index contributed by atoms with van der Waals surface area (Å²) in [5.41, 5.74) is 0.196. The second-order valence-corrected chi connectivity index (χ2v) is 8.37. The van der Waals surface area contributed by atoms with Gasteiger partial charge in [0.25, 0.3) is 11.2 Å². The van der Waals surface area contributed by atoms with E-state index in [0.29, 0.717) is 16.8 Å². The zero-order valence-electron chi connectivity index (χ0n) is 18.3. The number of nitrogens with zero attached hydrogens (tertiary/aromatic N) is 2. The van der Waals surface area contributed by atoms with Gasteiger partial charge in [0.1, 0.15) is 11.4 Å². The maximum Gasteiger partial charge on any atom is 0.408 e. The van der Waals surface area contributed by atoms with Gasteiger partial charge in [-0.1, -0.05) is 12.1 Å². The van der Waals surface area contributed by atoms with Gasteiger partial charge in [-0.15, -0.1) is 0 Å². The molecule has 0 fully saturated rings. The van der Waals surface area contributed by atoms with Gasteiger partial charge in [0.2, 0.25) is 0 Å². The minimum absolute atomic E-state index is 0.111. The minimum Gasteiger partial charge on any atom is -0.444 e. The van der Waals surface area contributed by atoms with Crippen LogP contribution in [0, 0.1) is 15.9 Å². The molecule has 2 N–H and O–H groups in total. The Morgan fingerprint density at radius 1 is 1.21 bits per heavy atom. The van der Waals surface area contributed by atoms with E-state index < -0.39 is 34.0 Å². The summed E-state index contributed by atoms with van der Waals surface area (Å²) in [6.45, 7) is 5.16. The van der Waals surface area contributed by atoms with E-state index in [9.17, 15) is 24.1 Å². The summed E-state index contributed by atoms with van der Waals surface area (Å²) in [5.74, 6) is -0.426. The summed E-state index contributed by atoms with van der Waals surface area (Å²) >= 11 is 0. The normalized spacial score (nSPS) is 12.1. The van der Waals surface area contributed by atoms with Crippen molar-refractivity contribution in [3.8, 4) is 11.1 Å². The number of halogens is 1. The molecule has 33 heavy (non-hydrogen) atoms. The molecule has 0 radical (unpaired) electrons. The van der Waals surface area contributed by atoms with Crippen molar-refractivity contribution in [2.45, 2.75) is 38.8 Å². The molecule has 10 heteroatoms. The van der Waals surface area contributed by atoms with Crippen LogP contribution in [0.3, 0.4) is 0 Å². The molecular weight excluding hydrogens is 431 g/mol. The number of hydrogen-bond donors (Lipinski definition) is 2. The van der Waals surface area contributed by atoms with Crippen LogP contribution in [0.2, 0.25) is 0 Å². The molecule has 9 nitrogen and oxygen atoms in total. The van der Waals surface area contributed by atoms with E-state index >= 15 is 0 Å². The van der Waals surface area contributed by atoms with Gasteiger partial charge < -0.3 is 10.1 Å². The molecule has 1 amide bonds. The molecule has 0 aliphatic rings. The number of non-ortho nitro benzene ring substituents is 1. The van der Waals surface area contributed by atoms with Crippen molar-refractivity contribution in [2.75, 3.05) is 0 Å². The van der Waals surface area contributed by atoms with E-state index in [1.54, 1.807) is 32.9 Å². The van der Waals surface area contributed by atoms with Gasteiger partial charge in [0.15, 0.2) is 0 Å². The van der Waals surface area contributed by atoms with Crippen molar-refractivity contribution in [3.05, 3.63) is 92.1 Å². The Morgan fingerprint density at radius 2 is 1.91 bits per heavy atom. The zero-order chi connectivity index (χ0) is 24.2. The summed E-state index contributed by atoms with van der Waals surface area (Å²) in [6, 6.07) is 12.1. The molecule has 0 unspecified atom stereocenters. The van der Waals surface area contributed by atoms with E-state index in [-0.39, 0.29) is 17.7 Å². The Bertz CT molecular complexity index is 1220. The number of alkyl carbamates (subject to hydrolysis) is 1. The first kappa shape index (κ1) is 23.6. The number of H-pyrrole nitrogens is 1. The first-order chi connectivity index (χ1) is 15.5. The SMILES string of the molecule is CC(C)(C)OC(=O)N[C@@H](Cc1cccc(F)c1)c1cc(-c2ccc([N+](=O)[O-])cc2)c(=O)[nH]n1. The van der Waals surface area contributed by atoms with Gasteiger partial charge >= 0.3 is 6.09 Å². The Balaban J connectivity index is 1.98. The molecule has 172 valence electrons. The number of nitro benzene ring substituents is 1. The minimum atomic E-state index is -0.754. The maximum atomic E-state index is 13.7. The van der Waals surface area contributed by atoms with E-state index in [2.05, 4.69) is 15.5 Å². The number of aromatic amines is 1. The smallest absolute Gasteiger partial charge is 0.408 e. The predicted octanol–water partition coefficient (Wildman–Crippen LogP) is 4.29. The lowest BCUT2D eigenvalue weighted by atomic mass is 10.00. The van der Waals surface area contributed by atoms with Gasteiger partial charge in [-0.25, -0.2) is 14.3 Å². The fourth-order valence-corrected chi connectivity index (χ4v) is 3.16. The summed E-state index contributed by atoms with van der Waals surface area (Å²) in [7, 11) is 0. The number of rotatable bonds is 6. The number of nitro groups is 1. The molecule has 3 aromatic rings. The fourth-order valence-electron chi connectivity index (χ4n) is 3.16. The Kier molecular flexibility index (Phi) is 6.86. The summed E-state index contributed by atoms with van der Waals surface area (Å²) in [6.07, 6.45) is -0.524. The predicted molar refractivity (Wildman–Crippen MR) is 119 cm³/mol. The largest absolute Gasteiger partial charge is 0.444 e. The molecule has 1 aromatic heterocycles. The quantitative estimate of drug-likeness (QED) is 0.422. The van der Waals surface area contributed by atoms with Gasteiger partial charge in [0.05, 0.1) is 22.2 Å². The molecule has 0 saturated carbocycles. The van der Waals surface area contributed by atoms with Crippen LogP contribution in [-0.2, 0) is 11.2 Å². The lowest BCUT2D eigenvalue weighted by Gasteiger charge is -2.23. The van der Waals surface area contributed by atoms with Crippen LogP contribution in [-0.4, -0.2) is 26.8 Å². The molecule has 0 saturated heterocycles. The molecule has 3 rings (SSSR count). The van der Waals surface area contributed by atoms with Crippen LogP contribution < -0.4 is 10.9 Å². The third-order valence-corrected chi connectivity index (χ3v) is 4.59. The number of carbonyl (C=O) groups is 1. The van der Waals surface area contributed by atoms with Gasteiger partial charge in [0, 0.05) is 12.1 Å². The van der Waals surface area contributed by atoms with Gasteiger partial charge in [-0.3, -0.25) is 14.9 Å². The highest BCUT2D eigenvalue weighted by atomic mass is 19.1. The number of ether oxygens (including phenoxy) is 1. The van der Waals surface area contributed by atoms with Crippen molar-refractivity contribution in [2.24, 2.45) is 0 Å². The molecule has 0 bridgehead atoms. The number of hydrogen-bond acceptors (Lipinski definition) is 6. The lowest BCUT2D eigenvalue weighted by molar-refractivity contribution is -0.384. The Morgan fingerprint density at radius 3 is 2.52 bits per heavy atom. The molecule has 0 aliphatic carbocycles. The first-order valence-electron chi connectivity index (χ1n) is 10.1. The third kappa shape index (κ3) is 6.45. The molecule has 2 aromatic carbocycles. The average molecular weight is 454 g/mol. The van der Waals surface area contributed by atoms with E-state index in [1.165, 1.54) is 42.5 Å². The maximum absolute atomic E-state index is 13.7. The van der Waals surface area contributed by atoms with E-state index in [4.69, 9.17) is 4.74 Å². The van der Waals surface area contributed by atoms with Crippen LogP contribution in [0.1, 0.15) is 38.1 Å². The van der Waals surface area contributed by atoms with Crippen LogP contribution in [0.4, 0.5) is 14.9 Å². The lowest BCUT2D eigenvalue weighted by Crippen LogP contribution is -2.36. The topological polar surface area (TPSA) is 127 Å². The molecule has 1 heterocycles. The van der Waals surface area contributed by atoms with Crippen molar-refractivity contribution in [3.63, 3.8) is 0 Å². The van der Waals surface area contributed by atoms with E-state index in [0.717, 1.165) is 0 Å². The van der Waals surface area contributed by atoms with E-state index in [1.807, 2.05) is 0 Å². The van der Waals surface area contributed by atoms with Crippen molar-refractivity contribution in [1.82, 2.24) is 15.5 Å². The third-order valence-electron chi connectivity index (χ3n) is 4.59. The number of aromatic nitrogens is 2. The molecule has 1 atom stereocenters. The molecule has 0 aliphatic heterocycles. The van der Waals surface area contributed by atoms with Crippen LogP contribution >= 0.6 is 0 Å². The van der Waals surface area contributed by atoms with Crippen molar-refractivity contribution < 1.29 is 18.8 Å². The number of amides is 1. The Hall–Kier alpha value is -4.08. The highest BCUT2D eigenvalue weighted by molar-refractivity contribution is 5.69. The molecular formula is C23H23FN4O5. The number of nitrogens with one attached hydrogen (secondary N) is 2. The summed E-state index contributed by atoms with van der Waals surface area (Å²) in [4.78, 5) is 35.2. The van der Waals surface area contributed by atoms with Gasteiger partial charge in [-0.2, -0.15) is 5.10 Å². The van der Waals surface area contributed by atoms with Crippen LogP contribution in [0.25, 0.3) is 11.1 Å². The number of carbonyl (C=O) groups excluding carboxylic acids is 1. The number of benzene rings is 2. The zero-order valence-corrected chi connectivity index (χ0v) is 18.3. The Labute approximate surface area is 188 Å². The second-order valence-electron chi connectivity index (χ2n) is 8.37. The van der Waals surface area contributed by atoms with Crippen molar-refractivity contribution >= 4 is 11.8 Å². The van der Waals surface area contributed by atoms with Crippen molar-refractivity contribution in [1.29, 1.82) is 0 Å². The first-order valence-corrected chi connectivity index (χ1v) is 10.1. The van der Waals surface area contributed by atoms with Crippen LogP contribution in [0.15, 0.2) is 59.4 Å². The van der Waals surface area contributed by atoms with Gasteiger partial charge in [-0.05, 0) is 68.7 Å². The standard InChI is InChI=1S/C23H23FN4O5/c1-23(2,3)33-22(30)25-19(12-14-5-4-6-16(24)11-14)20-13-18(21(29)27-26-20)15-7-9-17(10-8-15)28(31)32/h4-11,13,19H,12H2,1-3H3,(H,25,30)(H,27,29)/t19-/m0/s1. The fraction of sp³-hybridized carbons (Fsp3) is 0.261. The summed E-state index contributed by atoms with van der Waals surface area (Å²) < 4.78 is 19.0.